The van der Waals surface area contributed by atoms with Crippen LogP contribution in [0.2, 0.25) is 0 Å². The van der Waals surface area contributed by atoms with E-state index in [2.05, 4.69) is 5.32 Å². The second kappa shape index (κ2) is 7.44. The van der Waals surface area contributed by atoms with Gasteiger partial charge in [-0.1, -0.05) is 42.5 Å². The van der Waals surface area contributed by atoms with E-state index in [0.717, 1.165) is 11.1 Å². The summed E-state index contributed by atoms with van der Waals surface area (Å²) in [6.45, 7) is 0.602. The number of amides is 3. The molecular weight excluding hydrogens is 321 g/mol. The predicted octanol–water partition coefficient (Wildman–Crippen LogP) is 2.38. The van der Waals surface area contributed by atoms with Crippen molar-refractivity contribution in [3.05, 3.63) is 71.5 Å². The summed E-state index contributed by atoms with van der Waals surface area (Å²) in [5, 5.41) is 2.73. The highest BCUT2D eigenvalue weighted by Crippen LogP contribution is 2.14. The Labute approximate surface area is 146 Å². The number of benzene rings is 2. The summed E-state index contributed by atoms with van der Waals surface area (Å²) in [5.74, 6) is -0.538. The van der Waals surface area contributed by atoms with E-state index in [-0.39, 0.29) is 18.4 Å². The first kappa shape index (κ1) is 17.1. The molecule has 1 aliphatic rings. The van der Waals surface area contributed by atoms with E-state index >= 15 is 0 Å². The number of nitrogens with one attached hydrogen (secondary N) is 1. The van der Waals surface area contributed by atoms with Crippen molar-refractivity contribution >= 4 is 11.9 Å². The van der Waals surface area contributed by atoms with Gasteiger partial charge in [0.05, 0.1) is 6.67 Å². The summed E-state index contributed by atoms with van der Waals surface area (Å²) >= 11 is 0. The molecule has 0 bridgehead atoms. The Balaban J connectivity index is 1.60. The average molecular weight is 341 g/mol. The molecule has 0 saturated carbocycles. The summed E-state index contributed by atoms with van der Waals surface area (Å²) < 4.78 is 13.3. The first-order valence-electron chi connectivity index (χ1n) is 8.12. The predicted molar refractivity (Wildman–Crippen MR) is 92.0 cm³/mol. The SMILES string of the molecule is CN(Cc1cccc(F)c1)CN1C(=O)N[C@H](Cc2ccccc2)C1=O. The first-order valence-corrected chi connectivity index (χ1v) is 8.12. The topological polar surface area (TPSA) is 52.6 Å². The monoisotopic (exact) mass is 341 g/mol. The van der Waals surface area contributed by atoms with Gasteiger partial charge in [-0.15, -0.1) is 0 Å². The Kier molecular flexibility index (Phi) is 5.09. The minimum atomic E-state index is -0.544. The number of nitrogens with zero attached hydrogens (tertiary/aromatic N) is 2. The van der Waals surface area contributed by atoms with Gasteiger partial charge in [-0.3, -0.25) is 9.69 Å². The van der Waals surface area contributed by atoms with Crippen LogP contribution in [0.1, 0.15) is 11.1 Å². The average Bonchev–Trinajstić information content (AvgIpc) is 2.83. The lowest BCUT2D eigenvalue weighted by molar-refractivity contribution is -0.128. The van der Waals surface area contributed by atoms with Crippen LogP contribution in [0, 0.1) is 5.82 Å². The number of rotatable bonds is 6. The molecule has 0 spiro atoms. The van der Waals surface area contributed by atoms with Crippen molar-refractivity contribution in [3.63, 3.8) is 0 Å². The van der Waals surface area contributed by atoms with Crippen LogP contribution in [0.15, 0.2) is 54.6 Å². The molecule has 130 valence electrons. The highest BCUT2D eigenvalue weighted by molar-refractivity contribution is 6.04. The molecule has 1 heterocycles. The second-order valence-corrected chi connectivity index (χ2v) is 6.24. The Bertz CT molecular complexity index is 766. The number of carbonyl (C=O) groups excluding carboxylic acids is 2. The van der Waals surface area contributed by atoms with Crippen molar-refractivity contribution in [1.29, 1.82) is 0 Å². The molecule has 0 radical (unpaired) electrons. The molecular formula is C19H20FN3O2. The fourth-order valence-corrected chi connectivity index (χ4v) is 2.94. The molecule has 3 amide bonds. The van der Waals surface area contributed by atoms with Crippen LogP contribution in [0.3, 0.4) is 0 Å². The van der Waals surface area contributed by atoms with Gasteiger partial charge in [-0.25, -0.2) is 14.1 Å². The van der Waals surface area contributed by atoms with Crippen molar-refractivity contribution < 1.29 is 14.0 Å². The molecule has 0 unspecified atom stereocenters. The summed E-state index contributed by atoms with van der Waals surface area (Å²) in [6, 6.07) is 14.9. The van der Waals surface area contributed by atoms with Gasteiger partial charge in [0.25, 0.3) is 5.91 Å². The van der Waals surface area contributed by atoms with Gasteiger partial charge in [-0.05, 0) is 30.3 Å². The molecule has 1 atom stereocenters. The number of imide groups is 1. The van der Waals surface area contributed by atoms with Gasteiger partial charge < -0.3 is 5.32 Å². The van der Waals surface area contributed by atoms with Gasteiger partial charge in [0, 0.05) is 13.0 Å². The zero-order valence-corrected chi connectivity index (χ0v) is 14.0. The Hall–Kier alpha value is -2.73. The smallest absolute Gasteiger partial charge is 0.325 e. The number of hydrogen-bond donors (Lipinski definition) is 1. The standard InChI is InChI=1S/C19H20FN3O2/c1-22(12-15-8-5-9-16(20)10-15)13-23-18(24)17(21-19(23)25)11-14-6-3-2-4-7-14/h2-10,17H,11-13H2,1H3,(H,21,25)/t17-/m1/s1. The summed E-state index contributed by atoms with van der Waals surface area (Å²) in [4.78, 5) is 27.7. The maximum atomic E-state index is 13.3. The number of urea groups is 1. The summed E-state index contributed by atoms with van der Waals surface area (Å²) in [7, 11) is 1.79. The van der Waals surface area contributed by atoms with Crippen LogP contribution in [0.5, 0.6) is 0 Å². The van der Waals surface area contributed by atoms with Crippen LogP contribution in [-0.4, -0.2) is 41.5 Å². The molecule has 6 heteroatoms. The van der Waals surface area contributed by atoms with Crippen molar-refractivity contribution in [3.8, 4) is 0 Å². The Morgan fingerprint density at radius 1 is 1.08 bits per heavy atom. The van der Waals surface area contributed by atoms with Crippen LogP contribution < -0.4 is 5.32 Å². The van der Waals surface area contributed by atoms with E-state index in [1.165, 1.54) is 17.0 Å². The second-order valence-electron chi connectivity index (χ2n) is 6.24. The molecule has 1 N–H and O–H groups in total. The number of hydrogen-bond acceptors (Lipinski definition) is 3. The van der Waals surface area contributed by atoms with E-state index < -0.39 is 12.1 Å². The third-order valence-electron chi connectivity index (χ3n) is 4.11. The number of carbonyl (C=O) groups is 2. The minimum Gasteiger partial charge on any atom is -0.325 e. The normalized spacial score (nSPS) is 17.2. The minimum absolute atomic E-state index is 0.159. The van der Waals surface area contributed by atoms with Gasteiger partial charge >= 0.3 is 6.03 Å². The third-order valence-corrected chi connectivity index (χ3v) is 4.11. The molecule has 1 aliphatic heterocycles. The first-order chi connectivity index (χ1) is 12.0. The van der Waals surface area contributed by atoms with Crippen LogP contribution >= 0.6 is 0 Å². The maximum Gasteiger partial charge on any atom is 0.325 e. The van der Waals surface area contributed by atoms with E-state index in [1.54, 1.807) is 18.0 Å². The van der Waals surface area contributed by atoms with Gasteiger partial charge in [0.2, 0.25) is 0 Å². The van der Waals surface area contributed by atoms with Crippen molar-refractivity contribution in [1.82, 2.24) is 15.1 Å². The van der Waals surface area contributed by atoms with Crippen LogP contribution in [0.25, 0.3) is 0 Å². The van der Waals surface area contributed by atoms with Crippen molar-refractivity contribution in [2.45, 2.75) is 19.0 Å². The largest absolute Gasteiger partial charge is 0.325 e. The molecule has 0 aliphatic carbocycles. The number of halogens is 1. The fourth-order valence-electron chi connectivity index (χ4n) is 2.94. The van der Waals surface area contributed by atoms with Crippen LogP contribution in [-0.2, 0) is 17.8 Å². The van der Waals surface area contributed by atoms with Gasteiger partial charge in [0.15, 0.2) is 0 Å². The van der Waals surface area contributed by atoms with Crippen LogP contribution in [0.4, 0.5) is 9.18 Å². The van der Waals surface area contributed by atoms with E-state index in [9.17, 15) is 14.0 Å². The molecule has 25 heavy (non-hydrogen) atoms. The van der Waals surface area contributed by atoms with Crippen molar-refractivity contribution in [2.75, 3.05) is 13.7 Å². The molecule has 1 fully saturated rings. The highest BCUT2D eigenvalue weighted by Gasteiger charge is 2.38. The molecule has 2 aromatic rings. The summed E-state index contributed by atoms with van der Waals surface area (Å²) in [5.41, 5.74) is 1.78. The third kappa shape index (κ3) is 4.22. The van der Waals surface area contributed by atoms with Gasteiger partial charge in [-0.2, -0.15) is 0 Å². The zero-order chi connectivity index (χ0) is 17.8. The fraction of sp³-hybridized carbons (Fsp3) is 0.263. The molecule has 3 rings (SSSR count). The van der Waals surface area contributed by atoms with E-state index in [0.29, 0.717) is 13.0 Å². The van der Waals surface area contributed by atoms with E-state index in [1.807, 2.05) is 36.4 Å². The lowest BCUT2D eigenvalue weighted by atomic mass is 10.1. The van der Waals surface area contributed by atoms with Crippen molar-refractivity contribution in [2.24, 2.45) is 0 Å². The maximum absolute atomic E-state index is 13.3. The Morgan fingerprint density at radius 3 is 2.52 bits per heavy atom. The Morgan fingerprint density at radius 2 is 1.80 bits per heavy atom. The van der Waals surface area contributed by atoms with E-state index in [4.69, 9.17) is 0 Å². The quantitative estimate of drug-likeness (QED) is 0.821. The van der Waals surface area contributed by atoms with Gasteiger partial charge in [0.1, 0.15) is 11.9 Å². The molecule has 1 saturated heterocycles. The highest BCUT2D eigenvalue weighted by atomic mass is 19.1. The molecule has 2 aromatic carbocycles. The molecule has 0 aromatic heterocycles. The lowest BCUT2D eigenvalue weighted by Crippen LogP contribution is -2.40. The molecule has 5 nitrogen and oxygen atoms in total. The lowest BCUT2D eigenvalue weighted by Gasteiger charge is -2.22. The zero-order valence-electron chi connectivity index (χ0n) is 14.0. The summed E-state index contributed by atoms with van der Waals surface area (Å²) in [6.07, 6.45) is 0.468.